The first-order valence-corrected chi connectivity index (χ1v) is 8.49. The Morgan fingerprint density at radius 1 is 1.33 bits per heavy atom. The molecule has 0 radical (unpaired) electrons. The van der Waals surface area contributed by atoms with Gasteiger partial charge in [0.2, 0.25) is 0 Å². The third-order valence-electron chi connectivity index (χ3n) is 2.20. The standard InChI is InChI=1S/C9H15N3O4S2/c1-2-17(13,14)7-6-12-18(15,16)9-8(10)4-3-5-11-9/h3-5,12H,2,6-7,10H2,1H3. The molecule has 18 heavy (non-hydrogen) atoms. The van der Waals surface area contributed by atoms with Gasteiger partial charge >= 0.3 is 0 Å². The molecular formula is C9H15N3O4S2. The maximum Gasteiger partial charge on any atom is 0.260 e. The molecule has 0 saturated heterocycles. The first-order valence-electron chi connectivity index (χ1n) is 5.19. The first kappa shape index (κ1) is 14.9. The van der Waals surface area contributed by atoms with Crippen LogP contribution in [0.4, 0.5) is 5.69 Å². The molecule has 0 aromatic carbocycles. The summed E-state index contributed by atoms with van der Waals surface area (Å²) >= 11 is 0. The average Bonchev–Trinajstić information content (AvgIpc) is 2.29. The van der Waals surface area contributed by atoms with Crippen LogP contribution in [0, 0.1) is 0 Å². The van der Waals surface area contributed by atoms with E-state index in [0.29, 0.717) is 0 Å². The van der Waals surface area contributed by atoms with Crippen LogP contribution in [0.1, 0.15) is 6.92 Å². The van der Waals surface area contributed by atoms with Crippen LogP contribution in [0.5, 0.6) is 0 Å². The van der Waals surface area contributed by atoms with E-state index in [4.69, 9.17) is 5.73 Å². The first-order chi connectivity index (χ1) is 8.28. The Balaban J connectivity index is 2.76. The van der Waals surface area contributed by atoms with E-state index in [1.165, 1.54) is 25.3 Å². The third kappa shape index (κ3) is 3.93. The highest BCUT2D eigenvalue weighted by molar-refractivity contribution is 7.91. The van der Waals surface area contributed by atoms with Crippen LogP contribution < -0.4 is 10.5 Å². The molecule has 9 heteroatoms. The molecule has 0 saturated carbocycles. The monoisotopic (exact) mass is 293 g/mol. The number of nitrogen functional groups attached to an aromatic ring is 1. The summed E-state index contributed by atoms with van der Waals surface area (Å²) in [5.41, 5.74) is 5.51. The van der Waals surface area contributed by atoms with Gasteiger partial charge in [-0.2, -0.15) is 0 Å². The van der Waals surface area contributed by atoms with Gasteiger partial charge in [0.1, 0.15) is 0 Å². The fraction of sp³-hybridized carbons (Fsp3) is 0.444. The van der Waals surface area contributed by atoms with Crippen molar-refractivity contribution < 1.29 is 16.8 Å². The van der Waals surface area contributed by atoms with Crippen molar-refractivity contribution in [3.05, 3.63) is 18.3 Å². The van der Waals surface area contributed by atoms with Gasteiger partial charge in [-0.15, -0.1) is 0 Å². The summed E-state index contributed by atoms with van der Waals surface area (Å²) in [6.45, 7) is 1.30. The molecule has 102 valence electrons. The van der Waals surface area contributed by atoms with E-state index in [0.717, 1.165) is 0 Å². The number of hydrogen-bond donors (Lipinski definition) is 2. The topological polar surface area (TPSA) is 119 Å². The molecule has 0 unspecified atom stereocenters. The zero-order valence-electron chi connectivity index (χ0n) is 9.83. The highest BCUT2D eigenvalue weighted by atomic mass is 32.2. The lowest BCUT2D eigenvalue weighted by molar-refractivity contribution is 0.578. The normalized spacial score (nSPS) is 12.5. The van der Waals surface area contributed by atoms with Crippen molar-refractivity contribution in [2.24, 2.45) is 0 Å². The number of nitrogens with two attached hydrogens (primary N) is 1. The van der Waals surface area contributed by atoms with Gasteiger partial charge in [-0.05, 0) is 12.1 Å². The Morgan fingerprint density at radius 3 is 2.56 bits per heavy atom. The van der Waals surface area contributed by atoms with Crippen molar-refractivity contribution in [2.75, 3.05) is 23.8 Å². The molecule has 0 aliphatic heterocycles. The number of rotatable bonds is 6. The molecule has 1 aromatic heterocycles. The summed E-state index contributed by atoms with van der Waals surface area (Å²) in [5, 5.41) is -0.293. The Morgan fingerprint density at radius 2 is 2.00 bits per heavy atom. The summed E-state index contributed by atoms with van der Waals surface area (Å²) in [4.78, 5) is 3.66. The molecule has 0 spiro atoms. The second kappa shape index (κ2) is 5.63. The smallest absolute Gasteiger partial charge is 0.260 e. The van der Waals surface area contributed by atoms with Crippen molar-refractivity contribution in [3.63, 3.8) is 0 Å². The minimum atomic E-state index is -3.87. The highest BCUT2D eigenvalue weighted by Gasteiger charge is 2.19. The van der Waals surface area contributed by atoms with Gasteiger partial charge < -0.3 is 5.73 Å². The Labute approximate surface area is 106 Å². The van der Waals surface area contributed by atoms with Crippen LogP contribution >= 0.6 is 0 Å². The Hall–Kier alpha value is -1.19. The van der Waals surface area contributed by atoms with E-state index < -0.39 is 19.9 Å². The quantitative estimate of drug-likeness (QED) is 0.721. The molecule has 0 fully saturated rings. The maximum atomic E-state index is 11.8. The molecule has 1 rings (SSSR count). The minimum absolute atomic E-state index is 0.0170. The number of nitrogens with zero attached hydrogens (tertiary/aromatic N) is 1. The molecule has 1 heterocycles. The van der Waals surface area contributed by atoms with Crippen LogP contribution in [0.15, 0.2) is 23.4 Å². The molecule has 7 nitrogen and oxygen atoms in total. The number of hydrogen-bond acceptors (Lipinski definition) is 6. The molecule has 3 N–H and O–H groups in total. The zero-order chi connectivity index (χ0) is 13.8. The van der Waals surface area contributed by atoms with Gasteiger partial charge in [-0.3, -0.25) is 0 Å². The largest absolute Gasteiger partial charge is 0.396 e. The number of nitrogens with one attached hydrogen (secondary N) is 1. The van der Waals surface area contributed by atoms with Crippen LogP contribution in [0.25, 0.3) is 0 Å². The second-order valence-electron chi connectivity index (χ2n) is 3.53. The van der Waals surface area contributed by atoms with Gasteiger partial charge in [-0.1, -0.05) is 6.92 Å². The minimum Gasteiger partial charge on any atom is -0.396 e. The summed E-state index contributed by atoms with van der Waals surface area (Å²) in [6.07, 6.45) is 1.30. The lowest BCUT2D eigenvalue weighted by Crippen LogP contribution is -2.30. The van der Waals surface area contributed by atoms with E-state index in [-0.39, 0.29) is 28.8 Å². The van der Waals surface area contributed by atoms with Crippen molar-refractivity contribution in [1.82, 2.24) is 9.71 Å². The fourth-order valence-electron chi connectivity index (χ4n) is 1.17. The van der Waals surface area contributed by atoms with Crippen molar-refractivity contribution in [3.8, 4) is 0 Å². The molecule has 0 aliphatic rings. The lowest BCUT2D eigenvalue weighted by Gasteiger charge is -2.07. The van der Waals surface area contributed by atoms with Crippen LogP contribution in [0.3, 0.4) is 0 Å². The van der Waals surface area contributed by atoms with E-state index in [1.807, 2.05) is 0 Å². The molecule has 1 aromatic rings. The number of anilines is 1. The summed E-state index contributed by atoms with van der Waals surface area (Å²) < 4.78 is 48.1. The van der Waals surface area contributed by atoms with E-state index in [9.17, 15) is 16.8 Å². The summed E-state index contributed by atoms with van der Waals surface area (Å²) in [5.74, 6) is -0.282. The molecule has 0 amide bonds. The molecule has 0 aliphatic carbocycles. The van der Waals surface area contributed by atoms with E-state index in [2.05, 4.69) is 9.71 Å². The Kier molecular flexibility index (Phi) is 4.65. The van der Waals surface area contributed by atoms with Crippen molar-refractivity contribution >= 4 is 25.5 Å². The third-order valence-corrected chi connectivity index (χ3v) is 5.34. The van der Waals surface area contributed by atoms with Gasteiger partial charge in [-0.25, -0.2) is 26.5 Å². The number of sulfonamides is 1. The molecular weight excluding hydrogens is 278 g/mol. The maximum absolute atomic E-state index is 11.8. The van der Waals surface area contributed by atoms with E-state index in [1.54, 1.807) is 0 Å². The second-order valence-corrected chi connectivity index (χ2v) is 7.69. The van der Waals surface area contributed by atoms with Gasteiger partial charge in [0.15, 0.2) is 14.9 Å². The lowest BCUT2D eigenvalue weighted by atomic mass is 10.4. The van der Waals surface area contributed by atoms with E-state index >= 15 is 0 Å². The Bertz CT molecular complexity index is 610. The number of sulfone groups is 1. The van der Waals surface area contributed by atoms with Gasteiger partial charge in [0.25, 0.3) is 10.0 Å². The number of pyridine rings is 1. The zero-order valence-corrected chi connectivity index (χ0v) is 11.5. The average molecular weight is 293 g/mol. The van der Waals surface area contributed by atoms with Crippen LogP contribution in [-0.2, 0) is 19.9 Å². The molecule has 0 atom stereocenters. The summed E-state index contributed by atoms with van der Waals surface area (Å²) in [7, 11) is -7.08. The fourth-order valence-corrected chi connectivity index (χ4v) is 3.09. The van der Waals surface area contributed by atoms with Gasteiger partial charge in [0, 0.05) is 18.5 Å². The molecule has 0 bridgehead atoms. The highest BCUT2D eigenvalue weighted by Crippen LogP contribution is 2.13. The van der Waals surface area contributed by atoms with Crippen LogP contribution in [-0.4, -0.2) is 39.9 Å². The predicted molar refractivity (Wildman–Crippen MR) is 68.2 cm³/mol. The van der Waals surface area contributed by atoms with Crippen molar-refractivity contribution in [2.45, 2.75) is 11.9 Å². The summed E-state index contributed by atoms with van der Waals surface area (Å²) in [6, 6.07) is 2.92. The SMILES string of the molecule is CCS(=O)(=O)CCNS(=O)(=O)c1ncccc1N. The van der Waals surface area contributed by atoms with Crippen molar-refractivity contribution in [1.29, 1.82) is 0 Å². The van der Waals surface area contributed by atoms with Crippen LogP contribution in [0.2, 0.25) is 0 Å². The number of aromatic nitrogens is 1. The predicted octanol–water partition coefficient (Wildman–Crippen LogP) is -0.623. The van der Waals surface area contributed by atoms with Gasteiger partial charge in [0.05, 0.1) is 11.4 Å².